The number of hydrogen-bond acceptors (Lipinski definition) is 5. The maximum Gasteiger partial charge on any atom is 0.339 e. The van der Waals surface area contributed by atoms with Crippen LogP contribution < -0.4 is 10.5 Å². The van der Waals surface area contributed by atoms with Crippen LogP contribution in [-0.4, -0.2) is 10.9 Å². The number of rotatable bonds is 4. The van der Waals surface area contributed by atoms with Crippen LogP contribution in [0.15, 0.2) is 66.2 Å². The van der Waals surface area contributed by atoms with Crippen molar-refractivity contribution in [2.24, 2.45) is 0 Å². The van der Waals surface area contributed by atoms with Gasteiger partial charge in [0.05, 0.1) is 4.92 Å². The molecule has 0 amide bonds. The van der Waals surface area contributed by atoms with Gasteiger partial charge in [0, 0.05) is 23.4 Å². The first-order chi connectivity index (χ1) is 12.4. The lowest BCUT2D eigenvalue weighted by Crippen LogP contribution is -2.09. The van der Waals surface area contributed by atoms with Crippen molar-refractivity contribution in [2.45, 2.75) is 6.92 Å². The van der Waals surface area contributed by atoms with E-state index in [1.165, 1.54) is 24.3 Å². The summed E-state index contributed by atoms with van der Waals surface area (Å²) in [6, 6.07) is 16.9. The number of nitrogens with two attached hydrogens (primary N) is 1. The molecule has 3 aromatic rings. The minimum absolute atomic E-state index is 0.0685. The summed E-state index contributed by atoms with van der Waals surface area (Å²) in [4.78, 5) is 22.4. The minimum Gasteiger partial charge on any atom is -0.423 e. The van der Waals surface area contributed by atoms with Gasteiger partial charge in [0.2, 0.25) is 0 Å². The monoisotopic (exact) mass is 348 g/mol. The summed E-state index contributed by atoms with van der Waals surface area (Å²) >= 11 is 0. The van der Waals surface area contributed by atoms with Gasteiger partial charge in [0.25, 0.3) is 5.69 Å². The first kappa shape index (κ1) is 17.2. The van der Waals surface area contributed by atoms with Gasteiger partial charge in [-0.2, -0.15) is 0 Å². The molecule has 0 saturated heterocycles. The van der Waals surface area contributed by atoms with Crippen molar-refractivity contribution in [3.63, 3.8) is 0 Å². The number of ether oxygens (including phenoxy) is 1. The van der Waals surface area contributed by atoms with Crippen molar-refractivity contribution in [1.29, 1.82) is 0 Å². The van der Waals surface area contributed by atoms with Crippen molar-refractivity contribution in [3.8, 4) is 5.75 Å². The fraction of sp³-hybridized carbons (Fsp3) is 0.0500. The van der Waals surface area contributed by atoms with Gasteiger partial charge in [-0.1, -0.05) is 24.3 Å². The Labute approximate surface area is 149 Å². The molecule has 6 nitrogen and oxygen atoms in total. The average Bonchev–Trinajstić information content (AvgIpc) is 2.62. The number of carbonyl (C=O) groups excluding carboxylic acids is 1. The van der Waals surface area contributed by atoms with E-state index in [0.717, 1.165) is 16.3 Å². The summed E-state index contributed by atoms with van der Waals surface area (Å²) in [7, 11) is 0. The standard InChI is InChI=1S/C20H16N2O4/c1-13(20(23)26-18-8-6-17(7-9-18)22(24)25)10-16-11-14-4-2-3-5-15(14)12-19(16)21/h2-12H,21H2,1H3. The Balaban J connectivity index is 1.81. The maximum atomic E-state index is 12.2. The highest BCUT2D eigenvalue weighted by Crippen LogP contribution is 2.24. The molecule has 0 radical (unpaired) electrons. The summed E-state index contributed by atoms with van der Waals surface area (Å²) in [6.07, 6.45) is 1.66. The molecule has 26 heavy (non-hydrogen) atoms. The molecule has 0 aliphatic carbocycles. The zero-order chi connectivity index (χ0) is 18.7. The van der Waals surface area contributed by atoms with Gasteiger partial charge in [-0.25, -0.2) is 4.79 Å². The molecule has 2 N–H and O–H groups in total. The Bertz CT molecular complexity index is 1020. The molecule has 0 spiro atoms. The first-order valence-electron chi connectivity index (χ1n) is 7.87. The second-order valence-electron chi connectivity index (χ2n) is 5.80. The van der Waals surface area contributed by atoms with Crippen LogP contribution >= 0.6 is 0 Å². The molecule has 3 aromatic carbocycles. The fourth-order valence-electron chi connectivity index (χ4n) is 2.52. The van der Waals surface area contributed by atoms with Gasteiger partial charge >= 0.3 is 5.97 Å². The summed E-state index contributed by atoms with van der Waals surface area (Å²) in [5.74, 6) is -0.314. The SMILES string of the molecule is CC(=Cc1cc2ccccc2cc1N)C(=O)Oc1ccc([N+](=O)[O-])cc1. The van der Waals surface area contributed by atoms with Gasteiger partial charge in [-0.3, -0.25) is 10.1 Å². The molecule has 0 saturated carbocycles. The van der Waals surface area contributed by atoms with Crippen LogP contribution in [0.5, 0.6) is 5.75 Å². The van der Waals surface area contributed by atoms with E-state index in [-0.39, 0.29) is 11.4 Å². The molecule has 0 aromatic heterocycles. The Morgan fingerprint density at radius 2 is 1.69 bits per heavy atom. The van der Waals surface area contributed by atoms with Gasteiger partial charge < -0.3 is 10.5 Å². The molecule has 0 fully saturated rings. The smallest absolute Gasteiger partial charge is 0.339 e. The Morgan fingerprint density at radius 1 is 1.08 bits per heavy atom. The number of carbonyl (C=O) groups is 1. The molecule has 6 heteroatoms. The fourth-order valence-corrected chi connectivity index (χ4v) is 2.52. The van der Waals surface area contributed by atoms with Crippen LogP contribution in [0.2, 0.25) is 0 Å². The molecular formula is C20H16N2O4. The molecule has 0 atom stereocenters. The van der Waals surface area contributed by atoms with Crippen LogP contribution in [0, 0.1) is 10.1 Å². The van der Waals surface area contributed by atoms with Crippen molar-refractivity contribution in [3.05, 3.63) is 81.9 Å². The molecule has 0 bridgehead atoms. The minimum atomic E-state index is -0.550. The Hall–Kier alpha value is -3.67. The summed E-state index contributed by atoms with van der Waals surface area (Å²) in [5, 5.41) is 12.7. The van der Waals surface area contributed by atoms with E-state index in [0.29, 0.717) is 11.3 Å². The quantitative estimate of drug-likeness (QED) is 0.189. The van der Waals surface area contributed by atoms with Gasteiger partial charge in [-0.15, -0.1) is 0 Å². The Morgan fingerprint density at radius 3 is 2.31 bits per heavy atom. The second kappa shape index (κ2) is 7.06. The van der Waals surface area contributed by atoms with Crippen molar-refractivity contribution in [2.75, 3.05) is 5.73 Å². The zero-order valence-electron chi connectivity index (χ0n) is 14.0. The van der Waals surface area contributed by atoms with Crippen molar-refractivity contribution < 1.29 is 14.5 Å². The lowest BCUT2D eigenvalue weighted by atomic mass is 10.0. The topological polar surface area (TPSA) is 95.5 Å². The predicted octanol–water partition coefficient (Wildman–Crippen LogP) is 4.34. The molecule has 0 unspecified atom stereocenters. The van der Waals surface area contributed by atoms with E-state index in [1.807, 2.05) is 36.4 Å². The Kier molecular flexibility index (Phi) is 4.66. The van der Waals surface area contributed by atoms with Crippen molar-refractivity contribution >= 4 is 34.2 Å². The summed E-state index contributed by atoms with van der Waals surface area (Å²) < 4.78 is 5.24. The lowest BCUT2D eigenvalue weighted by Gasteiger charge is -2.07. The predicted molar refractivity (Wildman–Crippen MR) is 101 cm³/mol. The third kappa shape index (κ3) is 3.70. The molecule has 0 aliphatic rings. The van der Waals surface area contributed by atoms with Gasteiger partial charge in [-0.05, 0) is 53.6 Å². The molecular weight excluding hydrogens is 332 g/mol. The average molecular weight is 348 g/mol. The molecule has 0 aliphatic heterocycles. The number of nitrogens with zero attached hydrogens (tertiary/aromatic N) is 1. The first-order valence-corrected chi connectivity index (χ1v) is 7.87. The number of benzene rings is 3. The molecule has 130 valence electrons. The largest absolute Gasteiger partial charge is 0.423 e. The van der Waals surface area contributed by atoms with Crippen LogP contribution in [0.3, 0.4) is 0 Å². The normalized spacial score (nSPS) is 11.3. The second-order valence-corrected chi connectivity index (χ2v) is 5.80. The van der Waals surface area contributed by atoms with E-state index >= 15 is 0 Å². The third-order valence-corrected chi connectivity index (χ3v) is 3.90. The highest BCUT2D eigenvalue weighted by atomic mass is 16.6. The van der Waals surface area contributed by atoms with Crippen LogP contribution in [-0.2, 0) is 4.79 Å². The van der Waals surface area contributed by atoms with Crippen LogP contribution in [0.25, 0.3) is 16.8 Å². The number of fused-ring (bicyclic) bond motifs is 1. The summed E-state index contributed by atoms with van der Waals surface area (Å²) in [6.45, 7) is 1.63. The van der Waals surface area contributed by atoms with Crippen LogP contribution in [0.4, 0.5) is 11.4 Å². The number of hydrogen-bond donors (Lipinski definition) is 1. The van der Waals surface area contributed by atoms with E-state index in [2.05, 4.69) is 0 Å². The van der Waals surface area contributed by atoms with Gasteiger partial charge in [0.15, 0.2) is 0 Å². The number of nitro benzene ring substituents is 1. The van der Waals surface area contributed by atoms with Crippen LogP contribution in [0.1, 0.15) is 12.5 Å². The number of non-ortho nitro benzene ring substituents is 1. The number of nitrogen functional groups attached to an aromatic ring is 1. The van der Waals surface area contributed by atoms with E-state index in [4.69, 9.17) is 10.5 Å². The number of nitro groups is 1. The highest BCUT2D eigenvalue weighted by molar-refractivity contribution is 5.97. The zero-order valence-corrected chi connectivity index (χ0v) is 14.0. The van der Waals surface area contributed by atoms with Crippen molar-refractivity contribution in [1.82, 2.24) is 0 Å². The third-order valence-electron chi connectivity index (χ3n) is 3.90. The van der Waals surface area contributed by atoms with E-state index in [1.54, 1.807) is 13.0 Å². The maximum absolute atomic E-state index is 12.2. The van der Waals surface area contributed by atoms with E-state index < -0.39 is 10.9 Å². The number of anilines is 1. The summed E-state index contributed by atoms with van der Waals surface area (Å²) in [5.41, 5.74) is 7.65. The lowest BCUT2D eigenvalue weighted by molar-refractivity contribution is -0.384. The van der Waals surface area contributed by atoms with Gasteiger partial charge in [0.1, 0.15) is 5.75 Å². The highest BCUT2D eigenvalue weighted by Gasteiger charge is 2.11. The number of esters is 1. The molecule has 0 heterocycles. The molecule has 3 rings (SSSR count). The van der Waals surface area contributed by atoms with E-state index in [9.17, 15) is 14.9 Å².